The standard InChI is InChI=1S/C22H20N4O2/c27-17-12-10-15(11-13-17)14-20(21-24-18-8-4-5-9-19(18)25-21)26-22(28)23-16-6-2-1-3-7-16/h1-13,20,27H,14H2,(H,24,25)(H2,23,26,28). The molecule has 1 unspecified atom stereocenters. The molecule has 4 N–H and O–H groups in total. The highest BCUT2D eigenvalue weighted by Gasteiger charge is 2.19. The van der Waals surface area contributed by atoms with Crippen LogP contribution in [0.5, 0.6) is 5.75 Å². The van der Waals surface area contributed by atoms with Gasteiger partial charge in [-0.05, 0) is 48.4 Å². The maximum Gasteiger partial charge on any atom is 0.319 e. The number of rotatable bonds is 5. The number of aromatic nitrogens is 2. The molecule has 4 aromatic rings. The van der Waals surface area contributed by atoms with E-state index in [0.717, 1.165) is 16.6 Å². The Hall–Kier alpha value is -3.80. The first-order valence-electron chi connectivity index (χ1n) is 9.02. The van der Waals surface area contributed by atoms with Crippen LogP contribution in [0.2, 0.25) is 0 Å². The second kappa shape index (κ2) is 7.84. The van der Waals surface area contributed by atoms with E-state index in [1.54, 1.807) is 12.1 Å². The van der Waals surface area contributed by atoms with Gasteiger partial charge in [0.2, 0.25) is 0 Å². The van der Waals surface area contributed by atoms with Crippen LogP contribution in [0.15, 0.2) is 78.9 Å². The molecule has 0 spiro atoms. The van der Waals surface area contributed by atoms with E-state index in [-0.39, 0.29) is 17.8 Å². The monoisotopic (exact) mass is 372 g/mol. The van der Waals surface area contributed by atoms with Crippen LogP contribution in [-0.2, 0) is 6.42 Å². The van der Waals surface area contributed by atoms with Crippen molar-refractivity contribution < 1.29 is 9.90 Å². The van der Waals surface area contributed by atoms with E-state index in [2.05, 4.69) is 20.6 Å². The van der Waals surface area contributed by atoms with Crippen molar-refractivity contribution in [2.45, 2.75) is 12.5 Å². The molecule has 6 nitrogen and oxygen atoms in total. The van der Waals surface area contributed by atoms with E-state index in [1.807, 2.05) is 66.7 Å². The molecule has 1 atom stereocenters. The van der Waals surface area contributed by atoms with Crippen molar-refractivity contribution in [2.75, 3.05) is 5.32 Å². The van der Waals surface area contributed by atoms with Gasteiger partial charge in [0, 0.05) is 5.69 Å². The number of urea groups is 1. The first-order chi connectivity index (χ1) is 13.7. The molecule has 0 aliphatic carbocycles. The van der Waals surface area contributed by atoms with Gasteiger partial charge in [-0.25, -0.2) is 9.78 Å². The minimum atomic E-state index is -0.361. The summed E-state index contributed by atoms with van der Waals surface area (Å²) in [4.78, 5) is 20.5. The smallest absolute Gasteiger partial charge is 0.319 e. The fourth-order valence-corrected chi connectivity index (χ4v) is 3.07. The maximum atomic E-state index is 12.6. The molecule has 0 fully saturated rings. The van der Waals surface area contributed by atoms with E-state index in [0.29, 0.717) is 17.9 Å². The van der Waals surface area contributed by atoms with Gasteiger partial charge in [0.15, 0.2) is 0 Å². The van der Waals surface area contributed by atoms with Crippen molar-refractivity contribution in [1.82, 2.24) is 15.3 Å². The van der Waals surface area contributed by atoms with Crippen molar-refractivity contribution in [3.8, 4) is 5.75 Å². The number of aromatic amines is 1. The van der Waals surface area contributed by atoms with Crippen LogP contribution in [0, 0.1) is 0 Å². The summed E-state index contributed by atoms with van der Waals surface area (Å²) < 4.78 is 0. The van der Waals surface area contributed by atoms with Gasteiger partial charge in [-0.3, -0.25) is 0 Å². The number of carbonyl (C=O) groups is 1. The van der Waals surface area contributed by atoms with E-state index >= 15 is 0 Å². The number of para-hydroxylation sites is 3. The molecule has 28 heavy (non-hydrogen) atoms. The van der Waals surface area contributed by atoms with Gasteiger partial charge < -0.3 is 20.7 Å². The summed E-state index contributed by atoms with van der Waals surface area (Å²) in [5, 5.41) is 15.4. The second-order valence-electron chi connectivity index (χ2n) is 6.53. The zero-order chi connectivity index (χ0) is 19.3. The Bertz CT molecular complexity index is 1040. The van der Waals surface area contributed by atoms with Crippen LogP contribution in [0.25, 0.3) is 11.0 Å². The van der Waals surface area contributed by atoms with Crippen LogP contribution in [0.3, 0.4) is 0 Å². The predicted octanol–water partition coefficient (Wildman–Crippen LogP) is 4.37. The highest BCUT2D eigenvalue weighted by atomic mass is 16.3. The molecule has 0 radical (unpaired) electrons. The van der Waals surface area contributed by atoms with Crippen molar-refractivity contribution in [1.29, 1.82) is 0 Å². The Balaban J connectivity index is 1.58. The molecular formula is C22H20N4O2. The topological polar surface area (TPSA) is 90.0 Å². The van der Waals surface area contributed by atoms with Gasteiger partial charge in [0.1, 0.15) is 11.6 Å². The van der Waals surface area contributed by atoms with E-state index in [9.17, 15) is 9.90 Å². The summed E-state index contributed by atoms with van der Waals surface area (Å²) >= 11 is 0. The molecule has 1 aromatic heterocycles. The quantitative estimate of drug-likeness (QED) is 0.419. The Kier molecular flexibility index (Phi) is 4.93. The minimum Gasteiger partial charge on any atom is -0.508 e. The third-order valence-electron chi connectivity index (χ3n) is 4.45. The largest absolute Gasteiger partial charge is 0.508 e. The summed E-state index contributed by atoms with van der Waals surface area (Å²) in [5.74, 6) is 0.885. The maximum absolute atomic E-state index is 12.6. The zero-order valence-corrected chi connectivity index (χ0v) is 15.1. The fourth-order valence-electron chi connectivity index (χ4n) is 3.07. The molecule has 1 heterocycles. The molecule has 3 aromatic carbocycles. The van der Waals surface area contributed by atoms with Crippen LogP contribution in [0.4, 0.5) is 10.5 Å². The van der Waals surface area contributed by atoms with Crippen LogP contribution >= 0.6 is 0 Å². The predicted molar refractivity (Wildman–Crippen MR) is 109 cm³/mol. The molecule has 0 saturated heterocycles. The Morgan fingerprint density at radius 2 is 1.68 bits per heavy atom. The number of nitrogens with one attached hydrogen (secondary N) is 3. The number of imidazole rings is 1. The third-order valence-corrected chi connectivity index (χ3v) is 4.45. The Morgan fingerprint density at radius 3 is 2.43 bits per heavy atom. The van der Waals surface area contributed by atoms with Crippen molar-refractivity contribution in [3.05, 3.63) is 90.3 Å². The lowest BCUT2D eigenvalue weighted by Gasteiger charge is -2.17. The number of hydrogen-bond donors (Lipinski definition) is 4. The molecule has 2 amide bonds. The molecule has 0 saturated carbocycles. The third kappa shape index (κ3) is 4.12. The molecule has 0 aliphatic heterocycles. The van der Waals surface area contributed by atoms with Gasteiger partial charge >= 0.3 is 6.03 Å². The summed E-state index contributed by atoms with van der Waals surface area (Å²) in [5.41, 5.74) is 3.45. The normalized spacial score (nSPS) is 11.9. The average Bonchev–Trinajstić information content (AvgIpc) is 3.14. The number of aromatic hydroxyl groups is 1. The van der Waals surface area contributed by atoms with Gasteiger partial charge in [-0.2, -0.15) is 0 Å². The molecule has 4 rings (SSSR count). The summed E-state index contributed by atoms with van der Waals surface area (Å²) in [6.45, 7) is 0. The average molecular weight is 372 g/mol. The highest BCUT2D eigenvalue weighted by Crippen LogP contribution is 2.21. The van der Waals surface area contributed by atoms with Crippen LogP contribution < -0.4 is 10.6 Å². The number of amides is 2. The first-order valence-corrected chi connectivity index (χ1v) is 9.02. The number of phenols is 1. The number of carbonyl (C=O) groups excluding carboxylic acids is 1. The van der Waals surface area contributed by atoms with Crippen LogP contribution in [-0.4, -0.2) is 21.1 Å². The number of anilines is 1. The van der Waals surface area contributed by atoms with Gasteiger partial charge in [0.25, 0.3) is 0 Å². The second-order valence-corrected chi connectivity index (χ2v) is 6.53. The number of fused-ring (bicyclic) bond motifs is 1. The van der Waals surface area contributed by atoms with Gasteiger partial charge in [-0.15, -0.1) is 0 Å². The molecule has 0 aliphatic rings. The van der Waals surface area contributed by atoms with Crippen molar-refractivity contribution in [3.63, 3.8) is 0 Å². The lowest BCUT2D eigenvalue weighted by Crippen LogP contribution is -2.34. The number of benzene rings is 3. The SMILES string of the molecule is O=C(Nc1ccccc1)NC(Cc1ccc(O)cc1)c1nc2ccccc2[nH]1. The van der Waals surface area contributed by atoms with E-state index in [4.69, 9.17) is 0 Å². The summed E-state index contributed by atoms with van der Waals surface area (Å²) in [7, 11) is 0. The minimum absolute atomic E-state index is 0.207. The molecule has 140 valence electrons. The van der Waals surface area contributed by atoms with Crippen molar-refractivity contribution >= 4 is 22.8 Å². The lowest BCUT2D eigenvalue weighted by molar-refractivity contribution is 0.248. The van der Waals surface area contributed by atoms with E-state index in [1.165, 1.54) is 0 Å². The number of phenolic OH excluding ortho intramolecular Hbond substituents is 1. The molecule has 6 heteroatoms. The summed E-state index contributed by atoms with van der Waals surface area (Å²) in [6.07, 6.45) is 0.530. The van der Waals surface area contributed by atoms with Crippen LogP contribution in [0.1, 0.15) is 17.4 Å². The number of hydrogen-bond acceptors (Lipinski definition) is 3. The Morgan fingerprint density at radius 1 is 0.964 bits per heavy atom. The zero-order valence-electron chi connectivity index (χ0n) is 15.1. The first kappa shape index (κ1) is 17.6. The number of H-pyrrole nitrogens is 1. The molecular weight excluding hydrogens is 352 g/mol. The van der Waals surface area contributed by atoms with Gasteiger partial charge in [-0.1, -0.05) is 42.5 Å². The van der Waals surface area contributed by atoms with E-state index < -0.39 is 0 Å². The highest BCUT2D eigenvalue weighted by molar-refractivity contribution is 5.89. The summed E-state index contributed by atoms with van der Waals surface area (Å²) in [6, 6.07) is 23.3. The molecule has 0 bridgehead atoms. The van der Waals surface area contributed by atoms with Crippen molar-refractivity contribution in [2.24, 2.45) is 0 Å². The van der Waals surface area contributed by atoms with Gasteiger partial charge in [0.05, 0.1) is 17.1 Å². The fraction of sp³-hybridized carbons (Fsp3) is 0.0909. The Labute approximate surface area is 162 Å². The lowest BCUT2D eigenvalue weighted by atomic mass is 10.1. The number of nitrogens with zero attached hydrogens (tertiary/aromatic N) is 1.